The number of rotatable bonds is 6. The zero-order valence-corrected chi connectivity index (χ0v) is 12.0. The number of nitrogen functional groups attached to an aromatic ring is 1. The Bertz CT molecular complexity index is 427. The van der Waals surface area contributed by atoms with E-state index in [-0.39, 0.29) is 5.91 Å². The Hall–Kier alpha value is -1.59. The highest BCUT2D eigenvalue weighted by molar-refractivity contribution is 5.90. The van der Waals surface area contributed by atoms with Gasteiger partial charge in [-0.2, -0.15) is 0 Å². The molecule has 1 aromatic rings. The van der Waals surface area contributed by atoms with Gasteiger partial charge in [0.1, 0.15) is 0 Å². The van der Waals surface area contributed by atoms with E-state index in [1.54, 1.807) is 12.1 Å². The first-order valence-electron chi connectivity index (χ1n) is 7.08. The maximum absolute atomic E-state index is 11.8. The number of ether oxygens (including phenoxy) is 1. The minimum Gasteiger partial charge on any atom is -0.399 e. The molecule has 3 N–H and O–H groups in total. The second-order valence-corrected chi connectivity index (χ2v) is 5.27. The standard InChI is InChI=1S/C15H23N3O2/c1-18(14-8-10-20-11-14)9-2-3-15(19)17-13-6-4-12(16)5-7-13/h4-7,14H,2-3,8-11,16H2,1H3,(H,17,19). The van der Waals surface area contributed by atoms with Crippen LogP contribution in [0.4, 0.5) is 11.4 Å². The maximum atomic E-state index is 11.8. The Morgan fingerprint density at radius 3 is 2.85 bits per heavy atom. The molecule has 0 radical (unpaired) electrons. The average Bonchev–Trinajstić information content (AvgIpc) is 2.95. The number of amides is 1. The number of carbonyl (C=O) groups excluding carboxylic acids is 1. The predicted molar refractivity (Wildman–Crippen MR) is 80.6 cm³/mol. The fraction of sp³-hybridized carbons (Fsp3) is 0.533. The van der Waals surface area contributed by atoms with Crippen molar-refractivity contribution in [3.05, 3.63) is 24.3 Å². The molecule has 0 aromatic heterocycles. The summed E-state index contributed by atoms with van der Waals surface area (Å²) in [6, 6.07) is 7.70. The Kier molecular flexibility index (Phi) is 5.38. The molecule has 1 amide bonds. The van der Waals surface area contributed by atoms with Crippen LogP contribution in [0, 0.1) is 0 Å². The Morgan fingerprint density at radius 1 is 1.45 bits per heavy atom. The summed E-state index contributed by atoms with van der Waals surface area (Å²) in [5.74, 6) is 0.0471. The molecule has 5 heteroatoms. The van der Waals surface area contributed by atoms with Gasteiger partial charge in [-0.3, -0.25) is 4.79 Å². The molecule has 1 aliphatic rings. The Labute approximate surface area is 120 Å². The summed E-state index contributed by atoms with van der Waals surface area (Å²) in [6.07, 6.45) is 2.48. The number of hydrogen-bond acceptors (Lipinski definition) is 4. The molecule has 1 fully saturated rings. The lowest BCUT2D eigenvalue weighted by atomic mass is 10.2. The van der Waals surface area contributed by atoms with Gasteiger partial charge >= 0.3 is 0 Å². The molecule has 1 saturated heterocycles. The van der Waals surface area contributed by atoms with Crippen LogP contribution in [-0.4, -0.2) is 43.7 Å². The van der Waals surface area contributed by atoms with Crippen molar-refractivity contribution in [2.45, 2.75) is 25.3 Å². The monoisotopic (exact) mass is 277 g/mol. The lowest BCUT2D eigenvalue weighted by Crippen LogP contribution is -2.33. The van der Waals surface area contributed by atoms with Gasteiger partial charge < -0.3 is 20.7 Å². The second-order valence-electron chi connectivity index (χ2n) is 5.27. The van der Waals surface area contributed by atoms with Gasteiger partial charge in [0.25, 0.3) is 0 Å². The molecule has 20 heavy (non-hydrogen) atoms. The molecule has 1 aromatic carbocycles. The number of nitrogens with zero attached hydrogens (tertiary/aromatic N) is 1. The highest BCUT2D eigenvalue weighted by atomic mass is 16.5. The Balaban J connectivity index is 1.65. The van der Waals surface area contributed by atoms with Crippen LogP contribution in [-0.2, 0) is 9.53 Å². The summed E-state index contributed by atoms with van der Waals surface area (Å²) in [4.78, 5) is 14.1. The first-order chi connectivity index (χ1) is 9.65. The molecule has 2 rings (SSSR count). The summed E-state index contributed by atoms with van der Waals surface area (Å²) >= 11 is 0. The number of nitrogens with one attached hydrogen (secondary N) is 1. The van der Waals surface area contributed by atoms with Crippen LogP contribution < -0.4 is 11.1 Å². The van der Waals surface area contributed by atoms with E-state index >= 15 is 0 Å². The van der Waals surface area contributed by atoms with Gasteiger partial charge in [-0.05, 0) is 50.7 Å². The van der Waals surface area contributed by atoms with E-state index in [0.29, 0.717) is 18.2 Å². The van der Waals surface area contributed by atoms with Gasteiger partial charge in [-0.25, -0.2) is 0 Å². The van der Waals surface area contributed by atoms with E-state index in [1.165, 1.54) is 0 Å². The van der Waals surface area contributed by atoms with E-state index < -0.39 is 0 Å². The smallest absolute Gasteiger partial charge is 0.224 e. The van der Waals surface area contributed by atoms with E-state index in [2.05, 4.69) is 17.3 Å². The average molecular weight is 277 g/mol. The summed E-state index contributed by atoms with van der Waals surface area (Å²) < 4.78 is 5.36. The first-order valence-corrected chi connectivity index (χ1v) is 7.08. The number of nitrogens with two attached hydrogens (primary N) is 1. The van der Waals surface area contributed by atoms with Crippen molar-refractivity contribution in [1.82, 2.24) is 4.90 Å². The number of anilines is 2. The third-order valence-corrected chi connectivity index (χ3v) is 3.64. The fourth-order valence-electron chi connectivity index (χ4n) is 2.33. The first kappa shape index (κ1) is 14.8. The lowest BCUT2D eigenvalue weighted by molar-refractivity contribution is -0.116. The van der Waals surface area contributed by atoms with Gasteiger partial charge in [0.2, 0.25) is 5.91 Å². The quantitative estimate of drug-likeness (QED) is 0.777. The van der Waals surface area contributed by atoms with E-state index in [1.807, 2.05) is 12.1 Å². The SMILES string of the molecule is CN(CCCC(=O)Nc1ccc(N)cc1)C1CCOC1. The Morgan fingerprint density at radius 2 is 2.20 bits per heavy atom. The van der Waals surface area contributed by atoms with Crippen LogP contribution in [0.1, 0.15) is 19.3 Å². The number of carbonyl (C=O) groups is 1. The largest absolute Gasteiger partial charge is 0.399 e. The van der Waals surface area contributed by atoms with Crippen LogP contribution >= 0.6 is 0 Å². The van der Waals surface area contributed by atoms with E-state index in [4.69, 9.17) is 10.5 Å². The van der Waals surface area contributed by atoms with Gasteiger partial charge in [0, 0.05) is 30.4 Å². The summed E-state index contributed by atoms with van der Waals surface area (Å²) in [5.41, 5.74) is 7.09. The zero-order valence-electron chi connectivity index (χ0n) is 12.0. The normalized spacial score (nSPS) is 18.4. The van der Waals surface area contributed by atoms with Crippen LogP contribution in [0.5, 0.6) is 0 Å². The minimum atomic E-state index is 0.0471. The maximum Gasteiger partial charge on any atom is 0.224 e. The van der Waals surface area contributed by atoms with Gasteiger partial charge in [0.05, 0.1) is 6.61 Å². The van der Waals surface area contributed by atoms with Crippen molar-refractivity contribution in [2.75, 3.05) is 37.9 Å². The van der Waals surface area contributed by atoms with Gasteiger partial charge in [-0.15, -0.1) is 0 Å². The topological polar surface area (TPSA) is 67.6 Å². The lowest BCUT2D eigenvalue weighted by Gasteiger charge is -2.22. The van der Waals surface area contributed by atoms with Crippen molar-refractivity contribution in [3.63, 3.8) is 0 Å². The number of likely N-dealkylation sites (N-methyl/N-ethyl adjacent to an activating group) is 1. The van der Waals surface area contributed by atoms with Crippen molar-refractivity contribution in [2.24, 2.45) is 0 Å². The second kappa shape index (κ2) is 7.26. The van der Waals surface area contributed by atoms with Crippen LogP contribution in [0.3, 0.4) is 0 Å². The van der Waals surface area contributed by atoms with Crippen LogP contribution in [0.15, 0.2) is 24.3 Å². The molecule has 1 unspecified atom stereocenters. The molecule has 0 spiro atoms. The fourth-order valence-corrected chi connectivity index (χ4v) is 2.33. The van der Waals surface area contributed by atoms with Crippen molar-refractivity contribution >= 4 is 17.3 Å². The molecule has 5 nitrogen and oxygen atoms in total. The number of hydrogen-bond donors (Lipinski definition) is 2. The third kappa shape index (κ3) is 4.51. The van der Waals surface area contributed by atoms with Crippen molar-refractivity contribution < 1.29 is 9.53 Å². The van der Waals surface area contributed by atoms with Gasteiger partial charge in [-0.1, -0.05) is 0 Å². The summed E-state index contributed by atoms with van der Waals surface area (Å²) in [7, 11) is 2.09. The number of benzene rings is 1. The highest BCUT2D eigenvalue weighted by Crippen LogP contribution is 2.13. The predicted octanol–water partition coefficient (Wildman–Crippen LogP) is 1.71. The molecule has 0 saturated carbocycles. The molecule has 1 aliphatic heterocycles. The van der Waals surface area contributed by atoms with Crippen molar-refractivity contribution in [3.8, 4) is 0 Å². The van der Waals surface area contributed by atoms with Crippen molar-refractivity contribution in [1.29, 1.82) is 0 Å². The third-order valence-electron chi connectivity index (χ3n) is 3.64. The van der Waals surface area contributed by atoms with Gasteiger partial charge in [0.15, 0.2) is 0 Å². The summed E-state index contributed by atoms with van der Waals surface area (Å²) in [5, 5.41) is 2.87. The molecular formula is C15H23N3O2. The van der Waals surface area contributed by atoms with Crippen LogP contribution in [0.2, 0.25) is 0 Å². The molecule has 1 heterocycles. The van der Waals surface area contributed by atoms with E-state index in [0.717, 1.165) is 38.3 Å². The molecule has 0 bridgehead atoms. The molecule has 110 valence electrons. The highest BCUT2D eigenvalue weighted by Gasteiger charge is 2.19. The van der Waals surface area contributed by atoms with E-state index in [9.17, 15) is 4.79 Å². The molecule has 1 atom stereocenters. The minimum absolute atomic E-state index is 0.0471. The van der Waals surface area contributed by atoms with Crippen LogP contribution in [0.25, 0.3) is 0 Å². The zero-order chi connectivity index (χ0) is 14.4. The molecular weight excluding hydrogens is 254 g/mol. The molecule has 0 aliphatic carbocycles. The summed E-state index contributed by atoms with van der Waals surface area (Å²) in [6.45, 7) is 2.59.